The summed E-state index contributed by atoms with van der Waals surface area (Å²) in [5.74, 6) is -5.27. The topological polar surface area (TPSA) is 49.4 Å². The van der Waals surface area contributed by atoms with E-state index in [4.69, 9.17) is 0 Å². The number of halogens is 5. The maximum absolute atomic E-state index is 13.6. The first-order valence-electron chi connectivity index (χ1n) is 6.66. The van der Waals surface area contributed by atoms with Crippen molar-refractivity contribution in [1.82, 2.24) is 10.2 Å². The Hall–Kier alpha value is -2.19. The molecule has 0 aliphatic carbocycles. The van der Waals surface area contributed by atoms with Crippen molar-refractivity contribution >= 4 is 11.8 Å². The number of alkyl halides is 3. The summed E-state index contributed by atoms with van der Waals surface area (Å²) in [6.45, 7) is -0.0466. The van der Waals surface area contributed by atoms with E-state index in [0.717, 1.165) is 6.07 Å². The van der Waals surface area contributed by atoms with Gasteiger partial charge in [-0.3, -0.25) is 9.59 Å². The van der Waals surface area contributed by atoms with E-state index in [1.807, 2.05) is 0 Å². The van der Waals surface area contributed by atoms with Gasteiger partial charge in [-0.25, -0.2) is 8.78 Å². The van der Waals surface area contributed by atoms with Gasteiger partial charge in [-0.2, -0.15) is 13.2 Å². The summed E-state index contributed by atoms with van der Waals surface area (Å²) in [5, 5.41) is 1.62. The molecule has 9 heteroatoms. The van der Waals surface area contributed by atoms with Gasteiger partial charge in [0.2, 0.25) is 11.8 Å². The van der Waals surface area contributed by atoms with E-state index >= 15 is 0 Å². The molecule has 0 aromatic heterocycles. The van der Waals surface area contributed by atoms with Crippen LogP contribution in [0.4, 0.5) is 22.0 Å². The number of nitrogens with zero attached hydrogens (tertiary/aromatic N) is 1. The van der Waals surface area contributed by atoms with Crippen LogP contribution in [-0.2, 0) is 9.59 Å². The van der Waals surface area contributed by atoms with Crippen LogP contribution in [0.1, 0.15) is 18.0 Å². The molecule has 1 heterocycles. The molecule has 1 aromatic rings. The number of nitrogens with one attached hydrogen (secondary N) is 1. The smallest absolute Gasteiger partial charge is 0.345 e. The van der Waals surface area contributed by atoms with Gasteiger partial charge in [-0.05, 0) is 12.1 Å². The second kappa shape index (κ2) is 6.13. The summed E-state index contributed by atoms with van der Waals surface area (Å²) in [4.78, 5) is 24.5. The van der Waals surface area contributed by atoms with Crippen LogP contribution in [0.2, 0.25) is 0 Å². The number of likely N-dealkylation sites (tertiary alicyclic amines) is 1. The van der Waals surface area contributed by atoms with Crippen molar-refractivity contribution in [2.75, 3.05) is 13.6 Å². The first kappa shape index (κ1) is 17.2. The number of hydrogen-bond donors (Lipinski definition) is 1. The third-order valence-corrected chi connectivity index (χ3v) is 3.61. The lowest BCUT2D eigenvalue weighted by Gasteiger charge is -2.24. The number of amides is 2. The van der Waals surface area contributed by atoms with Gasteiger partial charge in [0.15, 0.2) is 6.04 Å². The molecule has 23 heavy (non-hydrogen) atoms. The van der Waals surface area contributed by atoms with Gasteiger partial charge in [0.25, 0.3) is 0 Å². The summed E-state index contributed by atoms with van der Waals surface area (Å²) >= 11 is 0. The fraction of sp³-hybridized carbons (Fsp3) is 0.429. The summed E-state index contributed by atoms with van der Waals surface area (Å²) in [6.07, 6.45) is -5.33. The molecular weight excluding hydrogens is 323 g/mol. The molecule has 126 valence electrons. The largest absolute Gasteiger partial charge is 0.413 e. The zero-order valence-corrected chi connectivity index (χ0v) is 12.0. The average Bonchev–Trinajstić information content (AvgIpc) is 2.76. The van der Waals surface area contributed by atoms with Crippen LogP contribution in [-0.4, -0.2) is 36.5 Å². The van der Waals surface area contributed by atoms with Crippen LogP contribution in [0.25, 0.3) is 0 Å². The molecule has 2 amide bonds. The lowest BCUT2D eigenvalue weighted by molar-refractivity contribution is -0.165. The quantitative estimate of drug-likeness (QED) is 0.860. The highest BCUT2D eigenvalue weighted by Crippen LogP contribution is 2.36. The van der Waals surface area contributed by atoms with Crippen molar-refractivity contribution in [1.29, 1.82) is 0 Å². The second-order valence-electron chi connectivity index (χ2n) is 5.29. The molecule has 1 fully saturated rings. The molecule has 1 aliphatic rings. The number of carbonyl (C=O) groups excluding carboxylic acids is 2. The van der Waals surface area contributed by atoms with Crippen molar-refractivity contribution in [3.8, 4) is 0 Å². The van der Waals surface area contributed by atoms with Gasteiger partial charge in [-0.15, -0.1) is 0 Å². The summed E-state index contributed by atoms with van der Waals surface area (Å²) in [5.41, 5.74) is -1.27. The molecule has 0 bridgehead atoms. The monoisotopic (exact) mass is 336 g/mol. The van der Waals surface area contributed by atoms with E-state index in [0.29, 0.717) is 12.1 Å². The van der Waals surface area contributed by atoms with Crippen molar-refractivity contribution < 1.29 is 31.5 Å². The van der Waals surface area contributed by atoms with Crippen molar-refractivity contribution in [2.24, 2.45) is 5.92 Å². The lowest BCUT2D eigenvalue weighted by Crippen LogP contribution is -2.42. The minimum absolute atomic E-state index is 0.0466. The Morgan fingerprint density at radius 1 is 1.30 bits per heavy atom. The molecule has 0 saturated carbocycles. The van der Waals surface area contributed by atoms with Crippen molar-refractivity contribution in [3.05, 3.63) is 35.4 Å². The zero-order chi connectivity index (χ0) is 17.4. The van der Waals surface area contributed by atoms with Gasteiger partial charge in [0, 0.05) is 20.0 Å². The molecule has 2 rings (SSSR count). The highest BCUT2D eigenvalue weighted by Gasteiger charge is 2.46. The van der Waals surface area contributed by atoms with Crippen molar-refractivity contribution in [3.63, 3.8) is 0 Å². The van der Waals surface area contributed by atoms with Gasteiger partial charge in [0.05, 0.1) is 11.5 Å². The first-order chi connectivity index (χ1) is 10.6. The molecule has 0 radical (unpaired) electrons. The summed E-state index contributed by atoms with van der Waals surface area (Å²) < 4.78 is 66.7. The fourth-order valence-corrected chi connectivity index (χ4v) is 2.40. The van der Waals surface area contributed by atoms with E-state index in [9.17, 15) is 31.5 Å². The van der Waals surface area contributed by atoms with Gasteiger partial charge >= 0.3 is 6.18 Å². The molecule has 0 spiro atoms. The van der Waals surface area contributed by atoms with Crippen LogP contribution in [0.3, 0.4) is 0 Å². The Morgan fingerprint density at radius 2 is 1.87 bits per heavy atom. The Morgan fingerprint density at radius 3 is 2.30 bits per heavy atom. The summed E-state index contributed by atoms with van der Waals surface area (Å²) in [6, 6.07) is -0.544. The maximum atomic E-state index is 13.6. The lowest BCUT2D eigenvalue weighted by atomic mass is 10.0. The number of benzene rings is 1. The minimum atomic E-state index is -5.09. The number of carbonyl (C=O) groups is 2. The van der Waals surface area contributed by atoms with E-state index in [-0.39, 0.29) is 18.9 Å². The fourth-order valence-electron chi connectivity index (χ4n) is 2.40. The van der Waals surface area contributed by atoms with Gasteiger partial charge in [0.1, 0.15) is 11.6 Å². The molecule has 4 nitrogen and oxygen atoms in total. The van der Waals surface area contributed by atoms with Crippen LogP contribution in [0.15, 0.2) is 18.2 Å². The second-order valence-corrected chi connectivity index (χ2v) is 5.29. The van der Waals surface area contributed by atoms with Crippen LogP contribution in [0, 0.1) is 17.6 Å². The zero-order valence-electron chi connectivity index (χ0n) is 12.0. The third kappa shape index (κ3) is 3.59. The van der Waals surface area contributed by atoms with E-state index in [1.165, 1.54) is 11.9 Å². The van der Waals surface area contributed by atoms with Gasteiger partial charge in [-0.1, -0.05) is 6.07 Å². The Kier molecular flexibility index (Phi) is 4.58. The highest BCUT2D eigenvalue weighted by molar-refractivity contribution is 5.89. The van der Waals surface area contributed by atoms with Crippen LogP contribution in [0.5, 0.6) is 0 Å². The Bertz CT molecular complexity index is 612. The highest BCUT2D eigenvalue weighted by atomic mass is 19.4. The molecule has 1 saturated heterocycles. The Balaban J connectivity index is 2.28. The molecular formula is C14H13F5N2O2. The average molecular weight is 336 g/mol. The van der Waals surface area contributed by atoms with Gasteiger partial charge < -0.3 is 10.2 Å². The van der Waals surface area contributed by atoms with E-state index < -0.39 is 41.2 Å². The molecule has 0 unspecified atom stereocenters. The normalized spacial score (nSPS) is 19.8. The predicted octanol–water partition coefficient (Wildman–Crippen LogP) is 2.16. The standard InChI is InChI=1S/C14H13F5N2O2/c1-21-6-7(5-10(21)22)13(23)20-12(14(17,18)19)11-8(15)3-2-4-9(11)16/h2-4,7,12H,5-6H2,1H3,(H,20,23)/t7-,12-/m1/s1. The minimum Gasteiger partial charge on any atom is -0.345 e. The molecule has 2 atom stereocenters. The first-order valence-corrected chi connectivity index (χ1v) is 6.66. The SMILES string of the molecule is CN1C[C@H](C(=O)N[C@H](c2c(F)cccc2F)C(F)(F)F)CC1=O. The maximum Gasteiger partial charge on any atom is 0.413 e. The van der Waals surface area contributed by atoms with E-state index in [1.54, 1.807) is 5.32 Å². The Labute approximate surface area is 128 Å². The number of hydrogen-bond acceptors (Lipinski definition) is 2. The molecule has 1 N–H and O–H groups in total. The van der Waals surface area contributed by atoms with Crippen LogP contribution >= 0.6 is 0 Å². The molecule has 1 aromatic carbocycles. The van der Waals surface area contributed by atoms with Crippen molar-refractivity contribution in [2.45, 2.75) is 18.6 Å². The molecule has 1 aliphatic heterocycles. The number of rotatable bonds is 3. The van der Waals surface area contributed by atoms with Crippen LogP contribution < -0.4 is 5.32 Å². The summed E-state index contributed by atoms with van der Waals surface area (Å²) in [7, 11) is 1.41. The third-order valence-electron chi connectivity index (χ3n) is 3.61. The predicted molar refractivity (Wildman–Crippen MR) is 69.0 cm³/mol. The van der Waals surface area contributed by atoms with E-state index in [2.05, 4.69) is 0 Å².